The molecule has 2 heterocycles. The second-order valence-corrected chi connectivity index (χ2v) is 6.24. The Kier molecular flexibility index (Phi) is 4.54. The lowest BCUT2D eigenvalue weighted by Gasteiger charge is -2.21. The summed E-state index contributed by atoms with van der Waals surface area (Å²) in [6, 6.07) is 2.96. The standard InChI is InChI=1S/C12H19NS2/c1-13-11(12-3-2-7-15-12)5-4-10-6-8-14-9-10/h6,8-9,11-13H,2-5,7H2,1H3. The Hall–Kier alpha value is 0.01000. The van der Waals surface area contributed by atoms with Gasteiger partial charge in [-0.05, 0) is 60.9 Å². The van der Waals surface area contributed by atoms with Gasteiger partial charge in [0, 0.05) is 11.3 Å². The van der Waals surface area contributed by atoms with E-state index < -0.39 is 0 Å². The van der Waals surface area contributed by atoms with Crippen molar-refractivity contribution in [2.24, 2.45) is 0 Å². The summed E-state index contributed by atoms with van der Waals surface area (Å²) >= 11 is 3.96. The van der Waals surface area contributed by atoms with Crippen molar-refractivity contribution in [3.05, 3.63) is 22.4 Å². The molecule has 1 aliphatic rings. The SMILES string of the molecule is CNC(CCc1ccsc1)C1CCCS1. The second-order valence-electron chi connectivity index (χ2n) is 4.12. The summed E-state index contributed by atoms with van der Waals surface area (Å²) in [5, 5.41) is 8.79. The highest BCUT2D eigenvalue weighted by molar-refractivity contribution is 8.00. The van der Waals surface area contributed by atoms with E-state index in [1.807, 2.05) is 0 Å². The van der Waals surface area contributed by atoms with Crippen molar-refractivity contribution >= 4 is 23.1 Å². The smallest absolute Gasteiger partial charge is 0.0201 e. The molecular weight excluding hydrogens is 222 g/mol. The van der Waals surface area contributed by atoms with E-state index in [2.05, 4.69) is 41.0 Å². The monoisotopic (exact) mass is 241 g/mol. The molecule has 1 N–H and O–H groups in total. The molecule has 0 saturated carbocycles. The van der Waals surface area contributed by atoms with Crippen molar-refractivity contribution < 1.29 is 0 Å². The minimum atomic E-state index is 0.706. The lowest BCUT2D eigenvalue weighted by Crippen LogP contribution is -2.34. The molecule has 2 rings (SSSR count). The van der Waals surface area contributed by atoms with Gasteiger partial charge >= 0.3 is 0 Å². The number of thiophene rings is 1. The minimum absolute atomic E-state index is 0.706. The van der Waals surface area contributed by atoms with Crippen LogP contribution in [-0.2, 0) is 6.42 Å². The van der Waals surface area contributed by atoms with E-state index in [-0.39, 0.29) is 0 Å². The predicted molar refractivity (Wildman–Crippen MR) is 71.0 cm³/mol. The second kappa shape index (κ2) is 5.92. The van der Waals surface area contributed by atoms with Gasteiger partial charge in [0.15, 0.2) is 0 Å². The van der Waals surface area contributed by atoms with Crippen molar-refractivity contribution in [2.45, 2.75) is 37.0 Å². The van der Waals surface area contributed by atoms with Crippen molar-refractivity contribution in [3.63, 3.8) is 0 Å². The molecule has 1 fully saturated rings. The molecule has 0 amide bonds. The fraction of sp³-hybridized carbons (Fsp3) is 0.667. The lowest BCUT2D eigenvalue weighted by atomic mass is 10.0. The van der Waals surface area contributed by atoms with E-state index in [0.29, 0.717) is 6.04 Å². The lowest BCUT2D eigenvalue weighted by molar-refractivity contribution is 0.494. The van der Waals surface area contributed by atoms with Gasteiger partial charge in [0.1, 0.15) is 0 Å². The Morgan fingerprint density at radius 3 is 3.13 bits per heavy atom. The molecule has 1 aromatic heterocycles. The van der Waals surface area contributed by atoms with Crippen LogP contribution >= 0.6 is 23.1 Å². The maximum absolute atomic E-state index is 3.49. The van der Waals surface area contributed by atoms with Crippen LogP contribution in [0.5, 0.6) is 0 Å². The van der Waals surface area contributed by atoms with Gasteiger partial charge in [0.05, 0.1) is 0 Å². The van der Waals surface area contributed by atoms with Gasteiger partial charge in [-0.25, -0.2) is 0 Å². The highest BCUT2D eigenvalue weighted by Crippen LogP contribution is 2.30. The molecule has 84 valence electrons. The molecule has 1 aliphatic heterocycles. The molecule has 0 bridgehead atoms. The quantitative estimate of drug-likeness (QED) is 0.850. The van der Waals surface area contributed by atoms with Crippen LogP contribution in [0.2, 0.25) is 0 Å². The van der Waals surface area contributed by atoms with Gasteiger partial charge in [0.2, 0.25) is 0 Å². The maximum atomic E-state index is 3.49. The number of rotatable bonds is 5. The molecule has 2 unspecified atom stereocenters. The average Bonchev–Trinajstić information content (AvgIpc) is 2.90. The minimum Gasteiger partial charge on any atom is -0.316 e. The first-order chi connectivity index (χ1) is 7.40. The van der Waals surface area contributed by atoms with Crippen LogP contribution in [0.15, 0.2) is 16.8 Å². The van der Waals surface area contributed by atoms with Crippen molar-refractivity contribution in [3.8, 4) is 0 Å². The molecule has 15 heavy (non-hydrogen) atoms. The van der Waals surface area contributed by atoms with E-state index in [0.717, 1.165) is 5.25 Å². The summed E-state index contributed by atoms with van der Waals surface area (Å²) in [5.41, 5.74) is 1.50. The molecule has 0 aromatic carbocycles. The number of aryl methyl sites for hydroxylation is 1. The van der Waals surface area contributed by atoms with Crippen LogP contribution in [0.3, 0.4) is 0 Å². The van der Waals surface area contributed by atoms with Crippen molar-refractivity contribution in [1.82, 2.24) is 5.32 Å². The van der Waals surface area contributed by atoms with Gasteiger partial charge in [-0.15, -0.1) is 0 Å². The number of thioether (sulfide) groups is 1. The van der Waals surface area contributed by atoms with Crippen LogP contribution < -0.4 is 5.32 Å². The number of hydrogen-bond donors (Lipinski definition) is 1. The zero-order valence-electron chi connectivity index (χ0n) is 9.24. The van der Waals surface area contributed by atoms with Crippen molar-refractivity contribution in [2.75, 3.05) is 12.8 Å². The molecule has 1 nitrogen and oxygen atoms in total. The molecule has 1 aromatic rings. The summed E-state index contributed by atoms with van der Waals surface area (Å²) in [5.74, 6) is 1.36. The first-order valence-corrected chi connectivity index (χ1v) is 7.69. The highest BCUT2D eigenvalue weighted by atomic mass is 32.2. The Bertz CT molecular complexity index is 265. The van der Waals surface area contributed by atoms with Crippen LogP contribution in [0, 0.1) is 0 Å². The van der Waals surface area contributed by atoms with Gasteiger partial charge in [-0.1, -0.05) is 0 Å². The Morgan fingerprint density at radius 2 is 2.53 bits per heavy atom. The van der Waals surface area contributed by atoms with Crippen LogP contribution in [-0.4, -0.2) is 24.1 Å². The van der Waals surface area contributed by atoms with E-state index >= 15 is 0 Å². The van der Waals surface area contributed by atoms with E-state index in [1.54, 1.807) is 11.3 Å². The van der Waals surface area contributed by atoms with Gasteiger partial charge in [-0.2, -0.15) is 23.1 Å². The van der Waals surface area contributed by atoms with Gasteiger partial charge < -0.3 is 5.32 Å². The Morgan fingerprint density at radius 1 is 1.60 bits per heavy atom. The molecule has 0 spiro atoms. The maximum Gasteiger partial charge on any atom is 0.0201 e. The van der Waals surface area contributed by atoms with Crippen molar-refractivity contribution in [1.29, 1.82) is 0 Å². The first-order valence-electron chi connectivity index (χ1n) is 5.70. The van der Waals surface area contributed by atoms with Crippen LogP contribution in [0.25, 0.3) is 0 Å². The molecule has 2 atom stereocenters. The predicted octanol–water partition coefficient (Wildman–Crippen LogP) is 3.16. The zero-order chi connectivity index (χ0) is 10.5. The number of hydrogen-bond acceptors (Lipinski definition) is 3. The van der Waals surface area contributed by atoms with Crippen LogP contribution in [0.4, 0.5) is 0 Å². The average molecular weight is 241 g/mol. The summed E-state index contributed by atoms with van der Waals surface area (Å²) in [7, 11) is 2.11. The van der Waals surface area contributed by atoms with Crippen LogP contribution in [0.1, 0.15) is 24.8 Å². The van der Waals surface area contributed by atoms with Gasteiger partial charge in [-0.3, -0.25) is 0 Å². The molecule has 0 aliphatic carbocycles. The largest absolute Gasteiger partial charge is 0.316 e. The molecular formula is C12H19NS2. The van der Waals surface area contributed by atoms with E-state index in [1.165, 1.54) is 37.0 Å². The molecule has 0 radical (unpaired) electrons. The topological polar surface area (TPSA) is 12.0 Å². The molecule has 3 heteroatoms. The highest BCUT2D eigenvalue weighted by Gasteiger charge is 2.23. The Balaban J connectivity index is 1.80. The third-order valence-electron chi connectivity index (χ3n) is 3.11. The third-order valence-corrected chi connectivity index (χ3v) is 5.36. The fourth-order valence-corrected chi connectivity index (χ4v) is 4.37. The summed E-state index contributed by atoms with van der Waals surface area (Å²) < 4.78 is 0. The number of nitrogens with one attached hydrogen (secondary N) is 1. The fourth-order valence-electron chi connectivity index (χ4n) is 2.19. The van der Waals surface area contributed by atoms with E-state index in [9.17, 15) is 0 Å². The summed E-state index contributed by atoms with van der Waals surface area (Å²) in [4.78, 5) is 0. The normalized spacial score (nSPS) is 23.1. The molecule has 1 saturated heterocycles. The van der Waals surface area contributed by atoms with Gasteiger partial charge in [0.25, 0.3) is 0 Å². The zero-order valence-corrected chi connectivity index (χ0v) is 10.9. The summed E-state index contributed by atoms with van der Waals surface area (Å²) in [6.07, 6.45) is 5.32. The third kappa shape index (κ3) is 3.23. The first kappa shape index (κ1) is 11.5. The Labute approximate surface area is 101 Å². The van der Waals surface area contributed by atoms with E-state index in [4.69, 9.17) is 0 Å². The summed E-state index contributed by atoms with van der Waals surface area (Å²) in [6.45, 7) is 0.